The van der Waals surface area contributed by atoms with Crippen LogP contribution in [0.5, 0.6) is 11.5 Å². The van der Waals surface area contributed by atoms with E-state index in [1.54, 1.807) is 56.0 Å². The van der Waals surface area contributed by atoms with E-state index in [1.807, 2.05) is 28.9 Å². The number of ether oxygens (including phenoxy) is 2. The van der Waals surface area contributed by atoms with Gasteiger partial charge in [0.2, 0.25) is 5.91 Å². The van der Waals surface area contributed by atoms with E-state index in [0.29, 0.717) is 85.3 Å². The first-order valence-electron chi connectivity index (χ1n) is 17.4. The van der Waals surface area contributed by atoms with Crippen molar-refractivity contribution >= 4 is 17.3 Å². The number of nitrogens with one attached hydrogen (secondary N) is 2. The van der Waals surface area contributed by atoms with Crippen molar-refractivity contribution in [1.29, 1.82) is 0 Å². The fourth-order valence-electron chi connectivity index (χ4n) is 7.61. The molecule has 0 spiro atoms. The van der Waals surface area contributed by atoms with Crippen molar-refractivity contribution in [3.63, 3.8) is 0 Å². The van der Waals surface area contributed by atoms with Crippen LogP contribution in [0.15, 0.2) is 53.6 Å². The Kier molecular flexibility index (Phi) is 10.4. The van der Waals surface area contributed by atoms with Gasteiger partial charge in [-0.15, -0.1) is 0 Å². The number of benzene rings is 2. The number of carbonyl (C=O) groups excluding carboxylic acids is 1. The summed E-state index contributed by atoms with van der Waals surface area (Å²) in [5.41, 5.74) is 5.39. The lowest BCUT2D eigenvalue weighted by molar-refractivity contribution is -0.129. The van der Waals surface area contributed by atoms with Gasteiger partial charge in [-0.25, -0.2) is 13.2 Å². The average molecular weight is 709 g/mol. The van der Waals surface area contributed by atoms with E-state index < -0.39 is 30.4 Å². The number of alkyl halides is 2. The third kappa shape index (κ3) is 7.45. The minimum atomic E-state index is -2.97. The zero-order valence-electron chi connectivity index (χ0n) is 30.0. The van der Waals surface area contributed by atoms with E-state index >= 15 is 13.2 Å². The Morgan fingerprint density at radius 2 is 1.67 bits per heavy atom. The second kappa shape index (κ2) is 14.6. The number of allylic oxidation sites excluding steroid dienone is 1. The smallest absolute Gasteiger partial charge is 0.275 e. The van der Waals surface area contributed by atoms with E-state index in [0.717, 1.165) is 16.7 Å². The molecule has 0 aliphatic carbocycles. The Balaban J connectivity index is 1.09. The van der Waals surface area contributed by atoms with E-state index in [1.165, 1.54) is 6.07 Å². The molecule has 2 N–H and O–H groups in total. The molecule has 13 heteroatoms. The Labute approximate surface area is 296 Å². The highest BCUT2D eigenvalue weighted by molar-refractivity contribution is 5.87. The van der Waals surface area contributed by atoms with E-state index in [4.69, 9.17) is 9.47 Å². The first-order valence-corrected chi connectivity index (χ1v) is 17.4. The number of halogens is 3. The van der Waals surface area contributed by atoms with Crippen LogP contribution < -0.4 is 30.6 Å². The first kappa shape index (κ1) is 36.3. The molecule has 274 valence electrons. The predicted molar refractivity (Wildman–Crippen MR) is 192 cm³/mol. The van der Waals surface area contributed by atoms with Crippen molar-refractivity contribution in [1.82, 2.24) is 19.7 Å². The number of pyridine rings is 1. The summed E-state index contributed by atoms with van der Waals surface area (Å²) in [6.45, 7) is 9.37. The minimum absolute atomic E-state index is 0.0642. The molecule has 3 aliphatic rings. The number of hydrogen-bond acceptors (Lipinski definition) is 8. The molecule has 0 radical (unpaired) electrons. The van der Waals surface area contributed by atoms with Gasteiger partial charge in [0.1, 0.15) is 23.4 Å². The van der Waals surface area contributed by atoms with Crippen LogP contribution in [0.3, 0.4) is 0 Å². The summed E-state index contributed by atoms with van der Waals surface area (Å²) in [5.74, 6) is -2.53. The maximum absolute atomic E-state index is 15.9. The monoisotopic (exact) mass is 708 g/mol. The summed E-state index contributed by atoms with van der Waals surface area (Å²) in [7, 11) is 4.81. The van der Waals surface area contributed by atoms with Crippen LogP contribution in [0, 0.1) is 19.7 Å². The van der Waals surface area contributed by atoms with Gasteiger partial charge in [0, 0.05) is 75.0 Å². The Morgan fingerprint density at radius 1 is 0.980 bits per heavy atom. The number of aryl methyl sites for hydroxylation is 1. The number of amides is 1. The molecule has 3 fully saturated rings. The van der Waals surface area contributed by atoms with E-state index in [9.17, 15) is 9.59 Å². The van der Waals surface area contributed by atoms with Gasteiger partial charge in [-0.2, -0.15) is 0 Å². The zero-order chi connectivity index (χ0) is 36.6. The molecule has 1 aromatic heterocycles. The topological polar surface area (TPSA) is 91.3 Å². The highest BCUT2D eigenvalue weighted by Gasteiger charge is 2.48. The number of aromatic nitrogens is 1. The molecule has 3 aliphatic heterocycles. The second-order valence-corrected chi connectivity index (χ2v) is 13.9. The van der Waals surface area contributed by atoms with E-state index in [2.05, 4.69) is 17.2 Å². The van der Waals surface area contributed by atoms with Crippen molar-refractivity contribution in [2.75, 3.05) is 63.7 Å². The normalized spacial score (nSPS) is 21.4. The molecule has 1 amide bonds. The molecule has 6 rings (SSSR count). The molecule has 2 atom stereocenters. The van der Waals surface area contributed by atoms with Gasteiger partial charge < -0.3 is 29.6 Å². The molecular formula is C38H47F3N6O4. The third-order valence-corrected chi connectivity index (χ3v) is 10.6. The number of carbonyl (C=O) groups is 1. The van der Waals surface area contributed by atoms with Crippen LogP contribution in [-0.4, -0.2) is 91.8 Å². The molecule has 0 bridgehead atoms. The quantitative estimate of drug-likeness (QED) is 0.319. The van der Waals surface area contributed by atoms with Crippen LogP contribution in [0.1, 0.15) is 36.0 Å². The molecule has 10 nitrogen and oxygen atoms in total. The maximum atomic E-state index is 15.9. The zero-order valence-corrected chi connectivity index (χ0v) is 30.0. The molecule has 3 aromatic rings. The number of hydrogen-bond donors (Lipinski definition) is 2. The average Bonchev–Trinajstić information content (AvgIpc) is 3.10. The lowest BCUT2D eigenvalue weighted by atomic mass is 9.95. The molecule has 0 saturated carbocycles. The summed E-state index contributed by atoms with van der Waals surface area (Å²) in [4.78, 5) is 30.2. The fourth-order valence-corrected chi connectivity index (χ4v) is 7.61. The van der Waals surface area contributed by atoms with Crippen molar-refractivity contribution in [2.24, 2.45) is 7.05 Å². The maximum Gasteiger partial charge on any atom is 0.275 e. The summed E-state index contributed by atoms with van der Waals surface area (Å²) >= 11 is 0. The van der Waals surface area contributed by atoms with Crippen LogP contribution in [0.25, 0.3) is 11.1 Å². The number of anilines is 2. The largest absolute Gasteiger partial charge is 0.496 e. The summed E-state index contributed by atoms with van der Waals surface area (Å²) in [6.07, 6.45) is 3.30. The van der Waals surface area contributed by atoms with Crippen molar-refractivity contribution < 1.29 is 27.4 Å². The minimum Gasteiger partial charge on any atom is -0.496 e. The van der Waals surface area contributed by atoms with Crippen molar-refractivity contribution in [3.05, 3.63) is 81.7 Å². The van der Waals surface area contributed by atoms with Crippen LogP contribution >= 0.6 is 0 Å². The summed E-state index contributed by atoms with van der Waals surface area (Å²) in [5, 5.41) is 5.82. The highest BCUT2D eigenvalue weighted by atomic mass is 19.3. The van der Waals surface area contributed by atoms with Gasteiger partial charge in [-0.3, -0.25) is 19.4 Å². The van der Waals surface area contributed by atoms with Gasteiger partial charge in [-0.05, 0) is 74.6 Å². The Hall–Kier alpha value is -4.49. The van der Waals surface area contributed by atoms with Crippen molar-refractivity contribution in [2.45, 2.75) is 57.7 Å². The molecule has 3 saturated heterocycles. The van der Waals surface area contributed by atoms with Crippen LogP contribution in [-0.2, 0) is 18.4 Å². The number of nitrogens with zero attached hydrogens (tertiary/aromatic N) is 4. The van der Waals surface area contributed by atoms with Gasteiger partial charge in [0.25, 0.3) is 11.5 Å². The molecule has 2 unspecified atom stereocenters. The van der Waals surface area contributed by atoms with Crippen LogP contribution in [0.4, 0.5) is 24.5 Å². The second-order valence-electron chi connectivity index (χ2n) is 13.9. The van der Waals surface area contributed by atoms with Crippen LogP contribution in [0.2, 0.25) is 0 Å². The number of piperazine rings is 1. The number of methoxy groups -OCH3 is 2. The molecule has 51 heavy (non-hydrogen) atoms. The predicted octanol–water partition coefficient (Wildman–Crippen LogP) is 5.06. The Bertz CT molecular complexity index is 1850. The summed E-state index contributed by atoms with van der Waals surface area (Å²) < 4.78 is 60.1. The van der Waals surface area contributed by atoms with Gasteiger partial charge in [0.05, 0.1) is 38.1 Å². The van der Waals surface area contributed by atoms with Gasteiger partial charge >= 0.3 is 0 Å². The highest BCUT2D eigenvalue weighted by Crippen LogP contribution is 2.39. The molecule has 2 aromatic carbocycles. The number of rotatable bonds is 9. The van der Waals surface area contributed by atoms with Gasteiger partial charge in [-0.1, -0.05) is 6.58 Å². The third-order valence-electron chi connectivity index (χ3n) is 10.6. The van der Waals surface area contributed by atoms with Crippen molar-refractivity contribution in [3.8, 4) is 22.6 Å². The molecule has 4 heterocycles. The Morgan fingerprint density at radius 3 is 2.27 bits per heavy atom. The number of piperidine rings is 2. The standard InChI is InChI=1S/C38H47F3N6O4/c1-23-7-9-31(36(48)42-23)43-27-8-10-32(30(39)19-27)46-13-15-47(16-14-46)35-11-12-45(22-38(35,40)41)21-29-33(50-5)17-26(18-34(29)51-6)28-20-44(4)37(49)25(3)24(28)2/h8,10,17-20,31,35,43H,1,7,9,11-16,21-22H2,2-6H3,(H,42,48). The molecular weight excluding hydrogens is 661 g/mol. The SMILES string of the molecule is C=C1CCC(Nc2ccc(N3CCN(C4CCN(Cc5c(OC)cc(-c6cn(C)c(=O)c(C)c6C)cc5OC)CC4(F)F)CC3)c(F)c2)C(=O)N1. The first-order chi connectivity index (χ1) is 24.3. The fraction of sp³-hybridized carbons (Fsp3) is 0.474. The van der Waals surface area contributed by atoms with E-state index in [-0.39, 0.29) is 24.4 Å². The number of likely N-dealkylation sites (tertiary alicyclic amines) is 1. The lowest BCUT2D eigenvalue weighted by Gasteiger charge is -2.46. The van der Waals surface area contributed by atoms with Gasteiger partial charge in [0.15, 0.2) is 0 Å². The summed E-state index contributed by atoms with van der Waals surface area (Å²) in [6, 6.07) is 7.16. The lowest BCUT2D eigenvalue weighted by Crippen LogP contribution is -2.61.